The molecule has 0 saturated carbocycles. The van der Waals surface area contributed by atoms with E-state index in [4.69, 9.17) is 9.84 Å². The molecule has 0 radical (unpaired) electrons. The van der Waals surface area contributed by atoms with Gasteiger partial charge in [-0.05, 0) is 46.7 Å². The Morgan fingerprint density at radius 3 is 2.52 bits per heavy atom. The normalized spacial score (nSPS) is 12.6. The summed E-state index contributed by atoms with van der Waals surface area (Å²) in [4.78, 5) is 12.1. The van der Waals surface area contributed by atoms with Gasteiger partial charge >= 0.3 is 6.36 Å². The highest BCUT2D eigenvalue weighted by Gasteiger charge is 2.31. The number of hydrogen-bond acceptors (Lipinski definition) is 5. The van der Waals surface area contributed by atoms with Crippen molar-refractivity contribution in [2.45, 2.75) is 12.5 Å². The number of thiophene rings is 1. The molecule has 1 aromatic carbocycles. The van der Waals surface area contributed by atoms with Gasteiger partial charge in [0.05, 0.1) is 13.2 Å². The molecule has 1 heterocycles. The van der Waals surface area contributed by atoms with Crippen LogP contribution in [0.3, 0.4) is 0 Å². The van der Waals surface area contributed by atoms with E-state index in [1.165, 1.54) is 23.5 Å². The van der Waals surface area contributed by atoms with Gasteiger partial charge in [0.2, 0.25) is 0 Å². The molecule has 0 bridgehead atoms. The van der Waals surface area contributed by atoms with E-state index in [1.807, 2.05) is 16.8 Å². The van der Waals surface area contributed by atoms with Crippen molar-refractivity contribution in [1.29, 1.82) is 0 Å². The summed E-state index contributed by atoms with van der Waals surface area (Å²) in [5.41, 5.74) is 1.06. The summed E-state index contributed by atoms with van der Waals surface area (Å²) in [6.45, 7) is 0.144. The SMILES string of the molecule is O=C(NCC(OCCO)c1ccsc1)c1ccc(OC(F)(F)F)cc1. The van der Waals surface area contributed by atoms with Gasteiger partial charge < -0.3 is 19.9 Å². The van der Waals surface area contributed by atoms with Crippen LogP contribution in [0.15, 0.2) is 41.1 Å². The molecule has 1 unspecified atom stereocenters. The summed E-state index contributed by atoms with van der Waals surface area (Å²) in [6, 6.07) is 6.47. The molecule has 5 nitrogen and oxygen atoms in total. The summed E-state index contributed by atoms with van der Waals surface area (Å²) in [5.74, 6) is -0.849. The lowest BCUT2D eigenvalue weighted by Crippen LogP contribution is -2.29. The van der Waals surface area contributed by atoms with Crippen LogP contribution < -0.4 is 10.1 Å². The fourth-order valence-electron chi connectivity index (χ4n) is 2.02. The zero-order chi connectivity index (χ0) is 18.3. The van der Waals surface area contributed by atoms with E-state index in [-0.39, 0.29) is 25.3 Å². The van der Waals surface area contributed by atoms with Crippen molar-refractivity contribution in [2.24, 2.45) is 0 Å². The Morgan fingerprint density at radius 2 is 1.96 bits per heavy atom. The number of nitrogens with one attached hydrogen (secondary N) is 1. The van der Waals surface area contributed by atoms with Gasteiger partial charge in [0.1, 0.15) is 11.9 Å². The lowest BCUT2D eigenvalue weighted by atomic mass is 10.1. The van der Waals surface area contributed by atoms with Crippen molar-refractivity contribution in [3.63, 3.8) is 0 Å². The number of carbonyl (C=O) groups is 1. The summed E-state index contributed by atoms with van der Waals surface area (Å²) in [6.07, 6.45) is -5.20. The predicted molar refractivity (Wildman–Crippen MR) is 85.6 cm³/mol. The van der Waals surface area contributed by atoms with Crippen LogP contribution >= 0.6 is 11.3 Å². The Morgan fingerprint density at radius 1 is 1.24 bits per heavy atom. The highest BCUT2D eigenvalue weighted by atomic mass is 32.1. The molecule has 2 rings (SSSR count). The second kappa shape index (κ2) is 8.84. The van der Waals surface area contributed by atoms with Crippen molar-refractivity contribution in [1.82, 2.24) is 5.32 Å². The van der Waals surface area contributed by atoms with E-state index < -0.39 is 24.1 Å². The van der Waals surface area contributed by atoms with Crippen molar-refractivity contribution in [3.8, 4) is 5.75 Å². The zero-order valence-corrected chi connectivity index (χ0v) is 13.8. The molecule has 9 heteroatoms. The second-order valence-corrected chi connectivity index (χ2v) is 5.70. The lowest BCUT2D eigenvalue weighted by Gasteiger charge is -2.17. The summed E-state index contributed by atoms with van der Waals surface area (Å²) in [7, 11) is 0. The lowest BCUT2D eigenvalue weighted by molar-refractivity contribution is -0.274. The van der Waals surface area contributed by atoms with Gasteiger partial charge in [-0.15, -0.1) is 13.2 Å². The third-order valence-electron chi connectivity index (χ3n) is 3.12. The Labute approximate surface area is 146 Å². The number of rotatable bonds is 8. The van der Waals surface area contributed by atoms with Crippen LogP contribution in [0.1, 0.15) is 22.0 Å². The highest BCUT2D eigenvalue weighted by Crippen LogP contribution is 2.23. The van der Waals surface area contributed by atoms with Crippen molar-refractivity contribution < 1.29 is 32.5 Å². The minimum Gasteiger partial charge on any atom is -0.406 e. The predicted octanol–water partition coefficient (Wildman–Crippen LogP) is 3.13. The van der Waals surface area contributed by atoms with E-state index in [1.54, 1.807) is 0 Å². The van der Waals surface area contributed by atoms with Gasteiger partial charge in [-0.1, -0.05) is 0 Å². The molecule has 2 N–H and O–H groups in total. The number of halogens is 3. The third kappa shape index (κ3) is 6.37. The third-order valence-corrected chi connectivity index (χ3v) is 3.82. The fourth-order valence-corrected chi connectivity index (χ4v) is 2.72. The number of benzene rings is 1. The molecular formula is C16H16F3NO4S. The molecule has 0 aliphatic carbocycles. The molecule has 136 valence electrons. The van der Waals surface area contributed by atoms with Crippen molar-refractivity contribution in [2.75, 3.05) is 19.8 Å². The summed E-state index contributed by atoms with van der Waals surface area (Å²) < 4.78 is 45.6. The molecule has 25 heavy (non-hydrogen) atoms. The van der Waals surface area contributed by atoms with Gasteiger partial charge in [-0.25, -0.2) is 0 Å². The minimum absolute atomic E-state index is 0.125. The van der Waals surface area contributed by atoms with E-state index in [0.717, 1.165) is 17.7 Å². The maximum Gasteiger partial charge on any atom is 0.573 e. The molecule has 0 aliphatic heterocycles. The maximum atomic E-state index is 12.1. The van der Waals surface area contributed by atoms with E-state index in [2.05, 4.69) is 10.1 Å². The van der Waals surface area contributed by atoms with E-state index >= 15 is 0 Å². The van der Waals surface area contributed by atoms with Crippen LogP contribution in [-0.2, 0) is 4.74 Å². The number of amides is 1. The van der Waals surface area contributed by atoms with Crippen LogP contribution in [-0.4, -0.2) is 37.1 Å². The van der Waals surface area contributed by atoms with Gasteiger partial charge in [0.15, 0.2) is 0 Å². The van der Waals surface area contributed by atoms with Crippen LogP contribution in [0.2, 0.25) is 0 Å². The quantitative estimate of drug-likeness (QED) is 0.744. The van der Waals surface area contributed by atoms with Crippen LogP contribution in [0.25, 0.3) is 0 Å². The van der Waals surface area contributed by atoms with Gasteiger partial charge in [0.25, 0.3) is 5.91 Å². The molecule has 1 atom stereocenters. The van der Waals surface area contributed by atoms with Crippen LogP contribution in [0, 0.1) is 0 Å². The minimum atomic E-state index is -4.78. The molecule has 0 saturated heterocycles. The first kappa shape index (κ1) is 19.2. The first-order valence-corrected chi connectivity index (χ1v) is 8.22. The Hall–Kier alpha value is -2.10. The summed E-state index contributed by atoms with van der Waals surface area (Å²) >= 11 is 1.48. The number of aliphatic hydroxyl groups is 1. The second-order valence-electron chi connectivity index (χ2n) is 4.92. The average Bonchev–Trinajstić information content (AvgIpc) is 3.08. The average molecular weight is 375 g/mol. The van der Waals surface area contributed by atoms with Gasteiger partial charge in [0, 0.05) is 12.1 Å². The number of ether oxygens (including phenoxy) is 2. The number of carbonyl (C=O) groups excluding carboxylic acids is 1. The largest absolute Gasteiger partial charge is 0.573 e. The molecule has 2 aromatic rings. The van der Waals surface area contributed by atoms with E-state index in [0.29, 0.717) is 0 Å². The molecule has 0 spiro atoms. The Balaban J connectivity index is 1.93. The van der Waals surface area contributed by atoms with Gasteiger partial charge in [-0.2, -0.15) is 11.3 Å². The standard InChI is InChI=1S/C16H16F3NO4S/c17-16(18,19)24-13-3-1-11(2-4-13)15(22)20-9-14(23-7-6-21)12-5-8-25-10-12/h1-5,8,10,14,21H,6-7,9H2,(H,20,22). The molecule has 1 amide bonds. The number of aliphatic hydroxyl groups excluding tert-OH is 1. The first-order chi connectivity index (χ1) is 11.9. The fraction of sp³-hybridized carbons (Fsp3) is 0.312. The number of alkyl halides is 3. The van der Waals surface area contributed by atoms with Crippen molar-refractivity contribution in [3.05, 3.63) is 52.2 Å². The number of hydrogen-bond donors (Lipinski definition) is 2. The zero-order valence-electron chi connectivity index (χ0n) is 13.0. The molecular weight excluding hydrogens is 359 g/mol. The van der Waals surface area contributed by atoms with Crippen LogP contribution in [0.5, 0.6) is 5.75 Å². The Kier molecular flexibility index (Phi) is 6.80. The highest BCUT2D eigenvalue weighted by molar-refractivity contribution is 7.07. The first-order valence-electron chi connectivity index (χ1n) is 7.27. The monoisotopic (exact) mass is 375 g/mol. The van der Waals surface area contributed by atoms with Crippen molar-refractivity contribution >= 4 is 17.2 Å². The molecule has 0 aliphatic rings. The Bertz CT molecular complexity index is 659. The van der Waals surface area contributed by atoms with Gasteiger partial charge in [-0.3, -0.25) is 4.79 Å². The van der Waals surface area contributed by atoms with E-state index in [9.17, 15) is 18.0 Å². The molecule has 1 aromatic heterocycles. The molecule has 0 fully saturated rings. The summed E-state index contributed by atoms with van der Waals surface area (Å²) in [5, 5.41) is 15.3. The smallest absolute Gasteiger partial charge is 0.406 e. The van der Waals surface area contributed by atoms with Crippen LogP contribution in [0.4, 0.5) is 13.2 Å². The maximum absolute atomic E-state index is 12.1. The topological polar surface area (TPSA) is 67.8 Å².